The maximum Gasteiger partial charge on any atom is 0.220 e. The standard InChI is InChI=1S/C13H26N2O/c1-11(14-2)10-15-13(16)9-5-8-12-6-3-4-7-12/h11-12,14H,3-10H2,1-2H3,(H,15,16). The maximum atomic E-state index is 11.5. The molecule has 0 spiro atoms. The third kappa shape index (κ3) is 5.50. The molecule has 0 saturated heterocycles. The Morgan fingerprint density at radius 2 is 2.06 bits per heavy atom. The molecule has 1 atom stereocenters. The highest BCUT2D eigenvalue weighted by molar-refractivity contribution is 5.75. The van der Waals surface area contributed by atoms with Crippen molar-refractivity contribution in [2.45, 2.75) is 57.9 Å². The molecule has 1 rings (SSSR count). The molecule has 1 saturated carbocycles. The number of rotatable bonds is 7. The number of carbonyl (C=O) groups is 1. The van der Waals surface area contributed by atoms with Gasteiger partial charge in [-0.1, -0.05) is 25.7 Å². The molecule has 0 bridgehead atoms. The molecule has 1 aliphatic rings. The minimum atomic E-state index is 0.208. The number of hydrogen-bond acceptors (Lipinski definition) is 2. The normalized spacial score (nSPS) is 18.6. The summed E-state index contributed by atoms with van der Waals surface area (Å²) in [6.07, 6.45) is 8.58. The van der Waals surface area contributed by atoms with E-state index in [4.69, 9.17) is 0 Å². The lowest BCUT2D eigenvalue weighted by molar-refractivity contribution is -0.121. The Labute approximate surface area is 99.4 Å². The first-order chi connectivity index (χ1) is 7.72. The van der Waals surface area contributed by atoms with Crippen LogP contribution in [-0.2, 0) is 4.79 Å². The van der Waals surface area contributed by atoms with Gasteiger partial charge in [-0.3, -0.25) is 4.79 Å². The van der Waals surface area contributed by atoms with Crippen molar-refractivity contribution in [2.24, 2.45) is 5.92 Å². The molecular formula is C13H26N2O. The van der Waals surface area contributed by atoms with E-state index in [1.165, 1.54) is 32.1 Å². The molecular weight excluding hydrogens is 200 g/mol. The molecule has 0 aliphatic heterocycles. The van der Waals surface area contributed by atoms with Crippen LogP contribution in [0.25, 0.3) is 0 Å². The number of likely N-dealkylation sites (N-methyl/N-ethyl adjacent to an activating group) is 1. The third-order valence-electron chi connectivity index (χ3n) is 3.59. The van der Waals surface area contributed by atoms with Gasteiger partial charge in [0.1, 0.15) is 0 Å². The van der Waals surface area contributed by atoms with Gasteiger partial charge in [0.25, 0.3) is 0 Å². The molecule has 1 fully saturated rings. The summed E-state index contributed by atoms with van der Waals surface area (Å²) in [5.41, 5.74) is 0. The average molecular weight is 226 g/mol. The van der Waals surface area contributed by atoms with Crippen molar-refractivity contribution in [3.05, 3.63) is 0 Å². The highest BCUT2D eigenvalue weighted by Crippen LogP contribution is 2.28. The number of nitrogens with one attached hydrogen (secondary N) is 2. The molecule has 94 valence electrons. The van der Waals surface area contributed by atoms with Crippen LogP contribution in [0.15, 0.2) is 0 Å². The van der Waals surface area contributed by atoms with Crippen LogP contribution in [-0.4, -0.2) is 25.5 Å². The zero-order valence-corrected chi connectivity index (χ0v) is 10.7. The average Bonchev–Trinajstić information content (AvgIpc) is 2.79. The van der Waals surface area contributed by atoms with Crippen LogP contribution >= 0.6 is 0 Å². The second kappa shape index (κ2) is 7.66. The van der Waals surface area contributed by atoms with Crippen molar-refractivity contribution in [1.29, 1.82) is 0 Å². The summed E-state index contributed by atoms with van der Waals surface area (Å²) in [6, 6.07) is 0.360. The second-order valence-electron chi connectivity index (χ2n) is 5.04. The van der Waals surface area contributed by atoms with Crippen molar-refractivity contribution in [3.63, 3.8) is 0 Å². The van der Waals surface area contributed by atoms with Gasteiger partial charge >= 0.3 is 0 Å². The molecule has 2 N–H and O–H groups in total. The highest BCUT2D eigenvalue weighted by Gasteiger charge is 2.14. The van der Waals surface area contributed by atoms with Gasteiger partial charge < -0.3 is 10.6 Å². The van der Waals surface area contributed by atoms with Gasteiger partial charge in [-0.2, -0.15) is 0 Å². The summed E-state index contributed by atoms with van der Waals surface area (Å²) in [7, 11) is 1.91. The molecule has 0 aromatic carbocycles. The minimum absolute atomic E-state index is 0.208. The Kier molecular flexibility index (Phi) is 6.46. The fourth-order valence-electron chi connectivity index (χ4n) is 2.31. The minimum Gasteiger partial charge on any atom is -0.355 e. The van der Waals surface area contributed by atoms with Crippen LogP contribution in [0.3, 0.4) is 0 Å². The van der Waals surface area contributed by atoms with E-state index in [1.54, 1.807) is 0 Å². The Hall–Kier alpha value is -0.570. The molecule has 16 heavy (non-hydrogen) atoms. The van der Waals surface area contributed by atoms with E-state index in [2.05, 4.69) is 17.6 Å². The van der Waals surface area contributed by atoms with Crippen molar-refractivity contribution in [3.8, 4) is 0 Å². The van der Waals surface area contributed by atoms with Gasteiger partial charge in [0.2, 0.25) is 5.91 Å². The molecule has 0 heterocycles. The van der Waals surface area contributed by atoms with Crippen LogP contribution in [0.2, 0.25) is 0 Å². The van der Waals surface area contributed by atoms with Gasteiger partial charge in [0.15, 0.2) is 0 Å². The monoisotopic (exact) mass is 226 g/mol. The summed E-state index contributed by atoms with van der Waals surface area (Å²) in [4.78, 5) is 11.5. The maximum absolute atomic E-state index is 11.5. The Balaban J connectivity index is 1.97. The van der Waals surface area contributed by atoms with E-state index in [-0.39, 0.29) is 5.91 Å². The largest absolute Gasteiger partial charge is 0.355 e. The lowest BCUT2D eigenvalue weighted by Gasteiger charge is -2.12. The molecule has 1 aliphatic carbocycles. The van der Waals surface area contributed by atoms with E-state index in [9.17, 15) is 4.79 Å². The van der Waals surface area contributed by atoms with Gasteiger partial charge in [0, 0.05) is 19.0 Å². The van der Waals surface area contributed by atoms with Crippen LogP contribution < -0.4 is 10.6 Å². The summed E-state index contributed by atoms with van der Waals surface area (Å²) in [5.74, 6) is 1.11. The molecule has 1 unspecified atom stereocenters. The van der Waals surface area contributed by atoms with Crippen molar-refractivity contribution < 1.29 is 4.79 Å². The number of amides is 1. The third-order valence-corrected chi connectivity index (χ3v) is 3.59. The SMILES string of the molecule is CNC(C)CNC(=O)CCCC1CCCC1. The second-order valence-corrected chi connectivity index (χ2v) is 5.04. The van der Waals surface area contributed by atoms with Crippen LogP contribution in [0.5, 0.6) is 0 Å². The van der Waals surface area contributed by atoms with Crippen LogP contribution in [0.1, 0.15) is 51.9 Å². The smallest absolute Gasteiger partial charge is 0.220 e. The topological polar surface area (TPSA) is 41.1 Å². The van der Waals surface area contributed by atoms with Crippen LogP contribution in [0, 0.1) is 5.92 Å². The van der Waals surface area contributed by atoms with E-state index in [0.29, 0.717) is 12.5 Å². The Morgan fingerprint density at radius 1 is 1.38 bits per heavy atom. The first-order valence-electron chi connectivity index (χ1n) is 6.66. The van der Waals surface area contributed by atoms with Gasteiger partial charge in [-0.15, -0.1) is 0 Å². The van der Waals surface area contributed by atoms with Crippen molar-refractivity contribution in [1.82, 2.24) is 10.6 Å². The molecule has 0 radical (unpaired) electrons. The predicted octanol–water partition coefficient (Wildman–Crippen LogP) is 2.07. The lowest BCUT2D eigenvalue weighted by Crippen LogP contribution is -2.37. The predicted molar refractivity (Wildman–Crippen MR) is 67.3 cm³/mol. The van der Waals surface area contributed by atoms with Gasteiger partial charge in [0.05, 0.1) is 0 Å². The fourth-order valence-corrected chi connectivity index (χ4v) is 2.31. The zero-order valence-electron chi connectivity index (χ0n) is 10.7. The fraction of sp³-hybridized carbons (Fsp3) is 0.923. The van der Waals surface area contributed by atoms with Gasteiger partial charge in [-0.25, -0.2) is 0 Å². The molecule has 1 amide bonds. The van der Waals surface area contributed by atoms with Crippen molar-refractivity contribution >= 4 is 5.91 Å². The number of carbonyl (C=O) groups excluding carboxylic acids is 1. The number of hydrogen-bond donors (Lipinski definition) is 2. The Bertz CT molecular complexity index is 200. The molecule has 3 nitrogen and oxygen atoms in total. The summed E-state index contributed by atoms with van der Waals surface area (Å²) >= 11 is 0. The quantitative estimate of drug-likeness (QED) is 0.698. The first kappa shape index (κ1) is 13.5. The van der Waals surface area contributed by atoms with Crippen LogP contribution in [0.4, 0.5) is 0 Å². The zero-order chi connectivity index (χ0) is 11.8. The summed E-state index contributed by atoms with van der Waals surface area (Å²) < 4.78 is 0. The first-order valence-corrected chi connectivity index (χ1v) is 6.66. The molecule has 0 aromatic heterocycles. The van der Waals surface area contributed by atoms with E-state index in [0.717, 1.165) is 18.9 Å². The highest BCUT2D eigenvalue weighted by atomic mass is 16.1. The lowest BCUT2D eigenvalue weighted by atomic mass is 10.0. The van der Waals surface area contributed by atoms with Gasteiger partial charge in [-0.05, 0) is 32.7 Å². The van der Waals surface area contributed by atoms with E-state index < -0.39 is 0 Å². The van der Waals surface area contributed by atoms with Crippen molar-refractivity contribution in [2.75, 3.05) is 13.6 Å². The molecule has 0 aromatic rings. The Morgan fingerprint density at radius 3 is 2.69 bits per heavy atom. The van der Waals surface area contributed by atoms with E-state index >= 15 is 0 Å². The summed E-state index contributed by atoms with van der Waals surface area (Å²) in [5, 5.41) is 6.06. The summed E-state index contributed by atoms with van der Waals surface area (Å²) in [6.45, 7) is 2.80. The molecule has 3 heteroatoms. The van der Waals surface area contributed by atoms with E-state index in [1.807, 2.05) is 7.05 Å².